The molecule has 3 rings (SSSR count). The second-order valence-electron chi connectivity index (χ2n) is 10.2. The number of carbonyl (C=O) groups is 1. The molecule has 2 atom stereocenters. The standard InChI is InChI=1S/C28H36N6O4/c1-5-15-28(26(36)33-30-17-16-27(2,3)4)24(22-9-6-7-10-23(22)32-34-29)38-25(31-28)20-11-13-21(14-12-20)37-19-8-18-35/h5-7,9-14,24,30,35H,1,8,15-19H2,2-4H3,(H,33,36)/t24-,28-/m0/s1. The van der Waals surface area contributed by atoms with Crippen LogP contribution in [0.25, 0.3) is 10.4 Å². The number of hydrazine groups is 1. The summed E-state index contributed by atoms with van der Waals surface area (Å²) in [4.78, 5) is 21.5. The van der Waals surface area contributed by atoms with Gasteiger partial charge in [0.15, 0.2) is 11.6 Å². The third-order valence-electron chi connectivity index (χ3n) is 6.06. The zero-order valence-corrected chi connectivity index (χ0v) is 22.2. The van der Waals surface area contributed by atoms with Crippen molar-refractivity contribution in [2.75, 3.05) is 19.8 Å². The highest BCUT2D eigenvalue weighted by molar-refractivity contribution is 6.01. The average Bonchev–Trinajstić information content (AvgIpc) is 3.27. The number of aliphatic hydroxyl groups excluding tert-OH is 1. The minimum atomic E-state index is -1.40. The summed E-state index contributed by atoms with van der Waals surface area (Å²) < 4.78 is 12.0. The summed E-state index contributed by atoms with van der Waals surface area (Å²) in [6, 6.07) is 14.1. The highest BCUT2D eigenvalue weighted by Gasteiger charge is 2.53. The van der Waals surface area contributed by atoms with Gasteiger partial charge in [0, 0.05) is 47.7 Å². The largest absolute Gasteiger partial charge is 0.494 e. The van der Waals surface area contributed by atoms with E-state index in [4.69, 9.17) is 25.1 Å². The van der Waals surface area contributed by atoms with E-state index in [1.165, 1.54) is 0 Å². The van der Waals surface area contributed by atoms with Crippen LogP contribution in [-0.2, 0) is 9.53 Å². The fourth-order valence-electron chi connectivity index (χ4n) is 4.05. The highest BCUT2D eigenvalue weighted by atomic mass is 16.5. The van der Waals surface area contributed by atoms with Crippen LogP contribution >= 0.6 is 0 Å². The number of hydrogen-bond acceptors (Lipinski definition) is 7. The molecule has 0 aliphatic carbocycles. The van der Waals surface area contributed by atoms with Crippen LogP contribution in [0.2, 0.25) is 0 Å². The number of carbonyl (C=O) groups excluding carboxylic acids is 1. The van der Waals surface area contributed by atoms with Crippen molar-refractivity contribution in [2.45, 2.75) is 51.7 Å². The number of nitrogens with zero attached hydrogens (tertiary/aromatic N) is 4. The van der Waals surface area contributed by atoms with Crippen molar-refractivity contribution in [2.24, 2.45) is 15.5 Å². The first-order valence-electron chi connectivity index (χ1n) is 12.6. The second-order valence-corrected chi connectivity index (χ2v) is 10.2. The Hall–Kier alpha value is -3.85. The number of benzene rings is 2. The molecule has 0 aromatic heterocycles. The molecule has 1 heterocycles. The smallest absolute Gasteiger partial charge is 0.266 e. The van der Waals surface area contributed by atoms with Gasteiger partial charge < -0.3 is 14.6 Å². The van der Waals surface area contributed by atoms with Gasteiger partial charge in [-0.15, -0.1) is 6.58 Å². The van der Waals surface area contributed by atoms with E-state index in [1.54, 1.807) is 54.6 Å². The van der Waals surface area contributed by atoms with Gasteiger partial charge in [0.1, 0.15) is 5.75 Å². The van der Waals surface area contributed by atoms with Gasteiger partial charge in [-0.25, -0.2) is 10.4 Å². The molecule has 38 heavy (non-hydrogen) atoms. The summed E-state index contributed by atoms with van der Waals surface area (Å²) in [5.74, 6) is 0.537. The molecule has 2 aromatic rings. The molecule has 0 saturated carbocycles. The molecule has 1 aliphatic heterocycles. The Balaban J connectivity index is 1.98. The van der Waals surface area contributed by atoms with Gasteiger partial charge >= 0.3 is 0 Å². The molecule has 1 aliphatic rings. The maximum absolute atomic E-state index is 13.8. The molecule has 10 nitrogen and oxygen atoms in total. The number of amides is 1. The highest BCUT2D eigenvalue weighted by Crippen LogP contribution is 2.45. The van der Waals surface area contributed by atoms with E-state index in [1.807, 2.05) is 0 Å². The summed E-state index contributed by atoms with van der Waals surface area (Å²) >= 11 is 0. The first-order chi connectivity index (χ1) is 18.2. The summed E-state index contributed by atoms with van der Waals surface area (Å²) in [6.07, 6.45) is 2.32. The lowest BCUT2D eigenvalue weighted by Gasteiger charge is -2.30. The number of aliphatic imine (C=N–C) groups is 1. The van der Waals surface area contributed by atoms with Gasteiger partial charge in [0.2, 0.25) is 5.90 Å². The van der Waals surface area contributed by atoms with E-state index in [-0.39, 0.29) is 30.2 Å². The topological polar surface area (TPSA) is 141 Å². The predicted molar refractivity (Wildman–Crippen MR) is 147 cm³/mol. The van der Waals surface area contributed by atoms with Crippen molar-refractivity contribution in [3.63, 3.8) is 0 Å². The van der Waals surface area contributed by atoms with Gasteiger partial charge in [0.25, 0.3) is 5.91 Å². The van der Waals surface area contributed by atoms with Crippen LogP contribution in [0.3, 0.4) is 0 Å². The Morgan fingerprint density at radius 2 is 2.03 bits per heavy atom. The molecule has 2 aromatic carbocycles. The lowest BCUT2D eigenvalue weighted by Crippen LogP contribution is -2.52. The van der Waals surface area contributed by atoms with E-state index >= 15 is 0 Å². The number of ether oxygens (including phenoxy) is 2. The Kier molecular flexibility index (Phi) is 9.90. The lowest BCUT2D eigenvalue weighted by atomic mass is 9.84. The molecular formula is C28H36N6O4. The lowest BCUT2D eigenvalue weighted by molar-refractivity contribution is -0.129. The molecule has 1 amide bonds. The van der Waals surface area contributed by atoms with Crippen LogP contribution in [-0.4, -0.2) is 42.2 Å². The molecule has 0 spiro atoms. The van der Waals surface area contributed by atoms with Crippen LogP contribution in [0.4, 0.5) is 5.69 Å². The molecule has 10 heteroatoms. The van der Waals surface area contributed by atoms with Gasteiger partial charge in [-0.3, -0.25) is 10.2 Å². The van der Waals surface area contributed by atoms with Crippen LogP contribution in [0.5, 0.6) is 5.75 Å². The first kappa shape index (κ1) is 28.7. The Labute approximate surface area is 223 Å². The number of aliphatic hydroxyl groups is 1. The van der Waals surface area contributed by atoms with Crippen molar-refractivity contribution in [1.82, 2.24) is 10.9 Å². The molecule has 0 radical (unpaired) electrons. The van der Waals surface area contributed by atoms with Gasteiger partial charge in [0.05, 0.1) is 6.61 Å². The van der Waals surface area contributed by atoms with Gasteiger partial charge in [-0.05, 0) is 41.6 Å². The SMILES string of the molecule is C=CC[C@]1(C(=O)NNCCC(C)(C)C)N=C(c2ccc(OCCCO)cc2)O[C@H]1c1ccccc1N=[N+]=[N-]. The minimum absolute atomic E-state index is 0.0555. The number of nitrogens with one attached hydrogen (secondary N) is 2. The number of hydrogen-bond donors (Lipinski definition) is 3. The molecular weight excluding hydrogens is 484 g/mol. The van der Waals surface area contributed by atoms with Gasteiger partial charge in [-0.2, -0.15) is 0 Å². The molecule has 202 valence electrons. The summed E-state index contributed by atoms with van der Waals surface area (Å²) in [7, 11) is 0. The summed E-state index contributed by atoms with van der Waals surface area (Å²) in [5, 5.41) is 12.8. The fraction of sp³-hybridized carbons (Fsp3) is 0.429. The Bertz CT molecular complexity index is 1180. The monoisotopic (exact) mass is 520 g/mol. The molecule has 0 unspecified atom stereocenters. The van der Waals surface area contributed by atoms with Crippen molar-refractivity contribution in [3.8, 4) is 5.75 Å². The zero-order chi connectivity index (χ0) is 27.6. The Morgan fingerprint density at radius 1 is 1.29 bits per heavy atom. The van der Waals surface area contributed by atoms with E-state index in [2.05, 4.69) is 48.2 Å². The molecule has 0 saturated heterocycles. The van der Waals surface area contributed by atoms with Crippen molar-refractivity contribution in [3.05, 3.63) is 82.8 Å². The summed E-state index contributed by atoms with van der Waals surface area (Å²) in [5.41, 5.74) is 15.2. The van der Waals surface area contributed by atoms with E-state index in [0.717, 1.165) is 6.42 Å². The Morgan fingerprint density at radius 3 is 2.68 bits per heavy atom. The van der Waals surface area contributed by atoms with E-state index in [0.29, 0.717) is 42.1 Å². The maximum atomic E-state index is 13.8. The van der Waals surface area contributed by atoms with E-state index < -0.39 is 11.6 Å². The van der Waals surface area contributed by atoms with Gasteiger partial charge in [-0.1, -0.05) is 56.2 Å². The van der Waals surface area contributed by atoms with Crippen molar-refractivity contribution in [1.29, 1.82) is 0 Å². The zero-order valence-electron chi connectivity index (χ0n) is 22.2. The third-order valence-corrected chi connectivity index (χ3v) is 6.06. The third kappa shape index (κ3) is 7.13. The average molecular weight is 521 g/mol. The first-order valence-corrected chi connectivity index (χ1v) is 12.6. The fourth-order valence-corrected chi connectivity index (χ4v) is 4.05. The van der Waals surface area contributed by atoms with Crippen LogP contribution in [0.15, 0.2) is 71.3 Å². The summed E-state index contributed by atoms with van der Waals surface area (Å²) in [6.45, 7) is 11.3. The predicted octanol–water partition coefficient (Wildman–Crippen LogP) is 5.28. The normalized spacial score (nSPS) is 18.6. The number of rotatable bonds is 13. The van der Waals surface area contributed by atoms with Crippen LogP contribution in [0.1, 0.15) is 57.3 Å². The van der Waals surface area contributed by atoms with Crippen LogP contribution < -0.4 is 15.6 Å². The van der Waals surface area contributed by atoms with Crippen molar-refractivity contribution >= 4 is 17.5 Å². The van der Waals surface area contributed by atoms with Crippen LogP contribution in [0, 0.1) is 5.41 Å². The second kappa shape index (κ2) is 13.1. The maximum Gasteiger partial charge on any atom is 0.266 e. The molecule has 3 N–H and O–H groups in total. The van der Waals surface area contributed by atoms with E-state index in [9.17, 15) is 4.79 Å². The molecule has 0 bridgehead atoms. The van der Waals surface area contributed by atoms with Crippen molar-refractivity contribution < 1.29 is 19.4 Å². The number of azide groups is 1. The minimum Gasteiger partial charge on any atom is -0.494 e. The quantitative estimate of drug-likeness (QED) is 0.0823. The molecule has 0 fully saturated rings.